The van der Waals surface area contributed by atoms with Gasteiger partial charge >= 0.3 is 65.7 Å². The maximum Gasteiger partial charge on any atom is 0.460 e. The summed E-state index contributed by atoms with van der Waals surface area (Å²) in [6.07, 6.45) is -14.3. The van der Waals surface area contributed by atoms with E-state index in [-0.39, 0.29) is 36.4 Å². The summed E-state index contributed by atoms with van der Waals surface area (Å²) in [5.74, 6) is -81.0. The van der Waals surface area contributed by atoms with Gasteiger partial charge < -0.3 is 10.2 Å². The number of alkyl halides is 24. The topological polar surface area (TPSA) is 40.5 Å². The van der Waals surface area contributed by atoms with E-state index in [2.05, 4.69) is 0 Å². The summed E-state index contributed by atoms with van der Waals surface area (Å²) in [5, 5.41) is 21.5. The van der Waals surface area contributed by atoms with Crippen LogP contribution in [-0.4, -0.2) is 75.9 Å². The molecule has 0 heterocycles. The van der Waals surface area contributed by atoms with Crippen LogP contribution in [0.15, 0.2) is 48.5 Å². The van der Waals surface area contributed by atoms with Crippen LogP contribution in [0.4, 0.5) is 105 Å². The predicted molar refractivity (Wildman–Crippen MR) is 116 cm³/mol. The molecule has 0 atom stereocenters. The molecule has 2 nitrogen and oxygen atoms in total. The zero-order valence-electron chi connectivity index (χ0n) is 23.1. The Kier molecular flexibility index (Phi) is 8.97. The van der Waals surface area contributed by atoms with Crippen LogP contribution in [-0.2, 0) is 11.2 Å². The standard InChI is InChI=1S/C25H10F24O2/c26-15(27,13(50)9-5-1-3-7-11(9)14(51,24(44,45)46)12-8-4-2-6-10(12)13)16(28,29)17(30,31)18(32,33)19(34,35)20(36,37)21(38,39)22(40,41)23(42,43)25(47,48)49/h1-8,50-51H. The lowest BCUT2D eigenvalue weighted by atomic mass is 9.63. The molecule has 0 saturated heterocycles. The van der Waals surface area contributed by atoms with Gasteiger partial charge in [0.1, 0.15) is 0 Å². The van der Waals surface area contributed by atoms with E-state index in [1.54, 1.807) is 0 Å². The Bertz CT molecular complexity index is 1610. The van der Waals surface area contributed by atoms with Crippen LogP contribution >= 0.6 is 0 Å². The highest BCUT2D eigenvalue weighted by Crippen LogP contribution is 2.69. The third kappa shape index (κ3) is 4.64. The van der Waals surface area contributed by atoms with Gasteiger partial charge in [-0.15, -0.1) is 0 Å². The summed E-state index contributed by atoms with van der Waals surface area (Å²) in [6.45, 7) is 0. The van der Waals surface area contributed by atoms with E-state index < -0.39 is 99.1 Å². The Morgan fingerprint density at radius 3 is 0.765 bits per heavy atom. The molecule has 3 rings (SSSR count). The van der Waals surface area contributed by atoms with Gasteiger partial charge in [-0.2, -0.15) is 105 Å². The van der Waals surface area contributed by atoms with Crippen molar-refractivity contribution in [3.05, 3.63) is 70.8 Å². The normalized spacial score (nSPS) is 22.1. The smallest absolute Gasteiger partial charge is 0.374 e. The van der Waals surface area contributed by atoms with E-state index in [0.29, 0.717) is 12.1 Å². The van der Waals surface area contributed by atoms with Gasteiger partial charge in [-0.05, 0) is 0 Å². The first-order valence-corrected chi connectivity index (χ1v) is 12.4. The molecule has 1 aliphatic carbocycles. The Morgan fingerprint density at radius 1 is 0.314 bits per heavy atom. The van der Waals surface area contributed by atoms with Crippen molar-refractivity contribution in [2.45, 2.75) is 76.9 Å². The molecule has 290 valence electrons. The van der Waals surface area contributed by atoms with Gasteiger partial charge in [0.2, 0.25) is 5.60 Å². The fraction of sp³-hybridized carbons (Fsp3) is 0.520. The first-order valence-electron chi connectivity index (χ1n) is 12.4. The van der Waals surface area contributed by atoms with Crippen molar-refractivity contribution in [1.82, 2.24) is 0 Å². The molecule has 0 fully saturated rings. The quantitative estimate of drug-likeness (QED) is 0.249. The fourth-order valence-electron chi connectivity index (χ4n) is 4.95. The molecule has 2 N–H and O–H groups in total. The van der Waals surface area contributed by atoms with Crippen molar-refractivity contribution in [2.24, 2.45) is 0 Å². The lowest BCUT2D eigenvalue weighted by Crippen LogP contribution is -2.78. The highest BCUT2D eigenvalue weighted by atomic mass is 19.4. The zero-order chi connectivity index (χ0) is 40.5. The number of rotatable bonds is 9. The van der Waals surface area contributed by atoms with Crippen LogP contribution in [0.25, 0.3) is 0 Å². The molecule has 0 aromatic heterocycles. The number of fused-ring (bicyclic) bond motifs is 2. The number of aliphatic hydroxyl groups is 2. The molecule has 51 heavy (non-hydrogen) atoms. The van der Waals surface area contributed by atoms with E-state index in [4.69, 9.17) is 0 Å². The minimum Gasteiger partial charge on any atom is -0.374 e. The van der Waals surface area contributed by atoms with E-state index in [0.717, 1.165) is 0 Å². The van der Waals surface area contributed by atoms with Crippen molar-refractivity contribution in [1.29, 1.82) is 0 Å². The van der Waals surface area contributed by atoms with Gasteiger partial charge in [-0.25, -0.2) is 0 Å². The van der Waals surface area contributed by atoms with Gasteiger partial charge in [-0.3, -0.25) is 0 Å². The van der Waals surface area contributed by atoms with E-state index in [1.165, 1.54) is 0 Å². The van der Waals surface area contributed by atoms with Crippen LogP contribution < -0.4 is 0 Å². The molecule has 0 bridgehead atoms. The molecule has 0 unspecified atom stereocenters. The summed E-state index contributed by atoms with van der Waals surface area (Å²) in [6, 6.07) is 0.361. The number of hydrogen-bond acceptors (Lipinski definition) is 2. The van der Waals surface area contributed by atoms with E-state index >= 15 is 17.6 Å². The minimum atomic E-state index is -9.47. The summed E-state index contributed by atoms with van der Waals surface area (Å²) >= 11 is 0. The van der Waals surface area contributed by atoms with Crippen LogP contribution in [0, 0.1) is 0 Å². The van der Waals surface area contributed by atoms with E-state index in [9.17, 15) is 98.0 Å². The molecule has 1 aliphatic rings. The Labute approximate surface area is 264 Å². The lowest BCUT2D eigenvalue weighted by Gasteiger charge is -2.50. The average Bonchev–Trinajstić information content (AvgIpc) is 2.97. The van der Waals surface area contributed by atoms with Gasteiger partial charge in [0.05, 0.1) is 0 Å². The molecule has 0 aliphatic heterocycles. The number of hydrogen-bond donors (Lipinski definition) is 2. The molecule has 0 amide bonds. The highest BCUT2D eigenvalue weighted by Gasteiger charge is 2.98. The second kappa shape index (κ2) is 10.9. The summed E-state index contributed by atoms with van der Waals surface area (Å²) in [7, 11) is 0. The Morgan fingerprint density at radius 2 is 0.529 bits per heavy atom. The molecule has 2 aromatic rings. The maximum absolute atomic E-state index is 15.7. The van der Waals surface area contributed by atoms with Crippen molar-refractivity contribution < 1.29 is 116 Å². The Hall–Kier alpha value is -3.32. The van der Waals surface area contributed by atoms with E-state index in [1.807, 2.05) is 0 Å². The molecular formula is C25H10F24O2. The van der Waals surface area contributed by atoms with Crippen LogP contribution in [0.3, 0.4) is 0 Å². The third-order valence-electron chi connectivity index (χ3n) is 7.79. The Balaban J connectivity index is 2.35. The second-order valence-electron chi connectivity index (χ2n) is 10.7. The number of halogens is 24. The minimum absolute atomic E-state index is 0.113. The van der Waals surface area contributed by atoms with Gasteiger partial charge in [0, 0.05) is 22.3 Å². The molecule has 26 heteroatoms. The maximum atomic E-state index is 15.7. The van der Waals surface area contributed by atoms with Gasteiger partial charge in [0.25, 0.3) is 0 Å². The summed E-state index contributed by atoms with van der Waals surface area (Å²) < 4.78 is 336. The van der Waals surface area contributed by atoms with Crippen molar-refractivity contribution in [3.63, 3.8) is 0 Å². The summed E-state index contributed by atoms with van der Waals surface area (Å²) in [4.78, 5) is 0. The number of benzene rings is 2. The average molecular weight is 798 g/mol. The summed E-state index contributed by atoms with van der Waals surface area (Å²) in [5.41, 5.74) is -19.7. The first-order chi connectivity index (χ1) is 22.2. The molecule has 0 radical (unpaired) electrons. The first kappa shape index (κ1) is 42.1. The van der Waals surface area contributed by atoms with Crippen molar-refractivity contribution in [3.8, 4) is 0 Å². The lowest BCUT2D eigenvalue weighted by molar-refractivity contribution is -0.477. The van der Waals surface area contributed by atoms with Crippen LogP contribution in [0.2, 0.25) is 0 Å². The SMILES string of the molecule is OC1(C(F)(F)F)c2ccccc2C(O)(C(F)(F)C(F)(F)C(F)(F)C(F)(F)C(F)(F)C(F)(F)C(F)(F)C(F)(F)C(F)(F)C(F)(F)F)c2ccccc21. The molecule has 2 aromatic carbocycles. The molecule has 0 spiro atoms. The van der Waals surface area contributed by atoms with Crippen molar-refractivity contribution in [2.75, 3.05) is 0 Å². The predicted octanol–water partition coefficient (Wildman–Crippen LogP) is 9.31. The monoisotopic (exact) mass is 798 g/mol. The third-order valence-corrected chi connectivity index (χ3v) is 7.79. The largest absolute Gasteiger partial charge is 0.460 e. The van der Waals surface area contributed by atoms with Crippen LogP contribution in [0.1, 0.15) is 22.3 Å². The zero-order valence-corrected chi connectivity index (χ0v) is 23.1. The van der Waals surface area contributed by atoms with Crippen LogP contribution in [0.5, 0.6) is 0 Å². The van der Waals surface area contributed by atoms with Gasteiger partial charge in [0.15, 0.2) is 5.60 Å². The highest BCUT2D eigenvalue weighted by molar-refractivity contribution is 5.59. The molecular weight excluding hydrogens is 788 g/mol. The fourth-order valence-corrected chi connectivity index (χ4v) is 4.95. The second-order valence-corrected chi connectivity index (χ2v) is 10.7. The van der Waals surface area contributed by atoms with Crippen molar-refractivity contribution >= 4 is 0 Å². The molecule has 0 saturated carbocycles. The van der Waals surface area contributed by atoms with Gasteiger partial charge in [-0.1, -0.05) is 48.5 Å².